The van der Waals surface area contributed by atoms with E-state index in [2.05, 4.69) is 20.5 Å². The molecule has 0 bridgehead atoms. The van der Waals surface area contributed by atoms with Crippen LogP contribution in [0.4, 0.5) is 14.9 Å². The normalized spacial score (nSPS) is 15.7. The molecule has 0 spiro atoms. The van der Waals surface area contributed by atoms with E-state index in [9.17, 15) is 9.18 Å². The molecule has 2 aromatic carbocycles. The Bertz CT molecular complexity index is 1270. The van der Waals surface area contributed by atoms with Crippen molar-refractivity contribution in [1.82, 2.24) is 15.2 Å². The molecule has 202 valence electrons. The molecule has 38 heavy (non-hydrogen) atoms. The Morgan fingerprint density at radius 2 is 1.92 bits per heavy atom. The standard InChI is InChI=1S/C27H32FN5O5/c28-21-14-19(4-5-22(21)32-27(34)31-18-2-3-18)38-24-6-7-30-23-16-26(25(37-17-29)15-20(23)24)36-11-1-8-33-9-12-35-13-10-33/h4-7,14-16,18H,1-3,8-13,17,29H2,(H2,31,32,34). The highest BCUT2D eigenvalue weighted by atomic mass is 19.1. The minimum atomic E-state index is -0.605. The first kappa shape index (κ1) is 26.0. The number of benzene rings is 2. The lowest BCUT2D eigenvalue weighted by molar-refractivity contribution is 0.0357. The number of ether oxygens (including phenoxy) is 4. The zero-order valence-corrected chi connectivity index (χ0v) is 21.1. The largest absolute Gasteiger partial charge is 0.490 e. The fourth-order valence-corrected chi connectivity index (χ4v) is 4.19. The molecule has 1 aromatic heterocycles. The van der Waals surface area contributed by atoms with Crippen LogP contribution >= 0.6 is 0 Å². The van der Waals surface area contributed by atoms with Crippen LogP contribution in [0.2, 0.25) is 0 Å². The van der Waals surface area contributed by atoms with Crippen LogP contribution in [0.5, 0.6) is 23.0 Å². The molecule has 0 atom stereocenters. The van der Waals surface area contributed by atoms with Crippen LogP contribution < -0.4 is 30.6 Å². The van der Waals surface area contributed by atoms with E-state index in [1.54, 1.807) is 30.5 Å². The highest BCUT2D eigenvalue weighted by Crippen LogP contribution is 2.37. The van der Waals surface area contributed by atoms with Gasteiger partial charge in [-0.15, -0.1) is 0 Å². The van der Waals surface area contributed by atoms with Crippen molar-refractivity contribution in [2.45, 2.75) is 25.3 Å². The zero-order chi connectivity index (χ0) is 26.3. The molecule has 2 aliphatic rings. The zero-order valence-electron chi connectivity index (χ0n) is 21.1. The molecule has 1 aliphatic heterocycles. The average molecular weight is 526 g/mol. The number of morpholine rings is 1. The highest BCUT2D eigenvalue weighted by Gasteiger charge is 2.23. The van der Waals surface area contributed by atoms with Crippen LogP contribution in [0, 0.1) is 5.82 Å². The van der Waals surface area contributed by atoms with Crippen molar-refractivity contribution in [1.29, 1.82) is 0 Å². The van der Waals surface area contributed by atoms with Crippen LogP contribution in [0.1, 0.15) is 19.3 Å². The number of aromatic nitrogens is 1. The number of hydrogen-bond donors (Lipinski definition) is 3. The number of anilines is 1. The SMILES string of the molecule is NCOc1cc2c(Oc3ccc(NC(=O)NC4CC4)c(F)c3)ccnc2cc1OCCCN1CCOCC1. The van der Waals surface area contributed by atoms with Crippen molar-refractivity contribution in [2.24, 2.45) is 5.73 Å². The van der Waals surface area contributed by atoms with Gasteiger partial charge in [-0.1, -0.05) is 0 Å². The van der Waals surface area contributed by atoms with Crippen LogP contribution in [0.3, 0.4) is 0 Å². The van der Waals surface area contributed by atoms with Gasteiger partial charge in [0.25, 0.3) is 0 Å². The minimum absolute atomic E-state index is 0.0277. The predicted octanol–water partition coefficient (Wildman–Crippen LogP) is 3.85. The third kappa shape index (κ3) is 6.80. The molecule has 1 aliphatic carbocycles. The second-order valence-electron chi connectivity index (χ2n) is 9.21. The summed E-state index contributed by atoms with van der Waals surface area (Å²) >= 11 is 0. The summed E-state index contributed by atoms with van der Waals surface area (Å²) in [7, 11) is 0. The van der Waals surface area contributed by atoms with E-state index in [0.717, 1.165) is 52.1 Å². The number of nitrogens with two attached hydrogens (primary N) is 1. The smallest absolute Gasteiger partial charge is 0.319 e. The molecule has 3 aromatic rings. The molecule has 0 unspecified atom stereocenters. The lowest BCUT2D eigenvalue weighted by atomic mass is 10.1. The number of hydrogen-bond acceptors (Lipinski definition) is 8. The number of urea groups is 1. The van der Waals surface area contributed by atoms with Crippen molar-refractivity contribution < 1.29 is 28.1 Å². The van der Waals surface area contributed by atoms with Crippen molar-refractivity contribution in [2.75, 3.05) is 51.5 Å². The van der Waals surface area contributed by atoms with Crippen molar-refractivity contribution in [3.63, 3.8) is 0 Å². The monoisotopic (exact) mass is 525 g/mol. The van der Waals surface area contributed by atoms with E-state index in [1.165, 1.54) is 12.1 Å². The van der Waals surface area contributed by atoms with Gasteiger partial charge in [-0.05, 0) is 43.5 Å². The Morgan fingerprint density at radius 3 is 2.68 bits per heavy atom. The molecule has 4 N–H and O–H groups in total. The summed E-state index contributed by atoms with van der Waals surface area (Å²) in [6.45, 7) is 4.81. The van der Waals surface area contributed by atoms with E-state index in [1.807, 2.05) is 0 Å². The molecule has 10 nitrogen and oxygen atoms in total. The molecule has 0 radical (unpaired) electrons. The molecular formula is C27H32FN5O5. The van der Waals surface area contributed by atoms with Gasteiger partial charge in [-0.25, -0.2) is 9.18 Å². The lowest BCUT2D eigenvalue weighted by Crippen LogP contribution is -2.37. The second kappa shape index (κ2) is 12.2. The number of nitrogens with zero attached hydrogens (tertiary/aromatic N) is 2. The van der Waals surface area contributed by atoms with Crippen LogP contribution in [0.15, 0.2) is 42.6 Å². The van der Waals surface area contributed by atoms with Crippen LogP contribution in [0.25, 0.3) is 10.9 Å². The highest BCUT2D eigenvalue weighted by molar-refractivity contribution is 5.90. The number of rotatable bonds is 11. The van der Waals surface area contributed by atoms with E-state index in [4.69, 9.17) is 24.7 Å². The fraction of sp³-hybridized carbons (Fsp3) is 0.407. The second-order valence-corrected chi connectivity index (χ2v) is 9.21. The van der Waals surface area contributed by atoms with Gasteiger partial charge in [0.1, 0.15) is 24.0 Å². The number of carbonyl (C=O) groups is 1. The Kier molecular flexibility index (Phi) is 8.37. The maximum absolute atomic E-state index is 14.7. The van der Waals surface area contributed by atoms with Gasteiger partial charge >= 0.3 is 6.03 Å². The molecular weight excluding hydrogens is 493 g/mol. The summed E-state index contributed by atoms with van der Waals surface area (Å²) < 4.78 is 37.7. The van der Waals surface area contributed by atoms with Crippen LogP contribution in [-0.2, 0) is 4.74 Å². The Morgan fingerprint density at radius 1 is 1.11 bits per heavy atom. The molecule has 2 amide bonds. The van der Waals surface area contributed by atoms with Gasteiger partial charge in [-0.3, -0.25) is 15.6 Å². The van der Waals surface area contributed by atoms with E-state index >= 15 is 0 Å². The van der Waals surface area contributed by atoms with Crippen molar-refractivity contribution in [3.8, 4) is 23.0 Å². The molecule has 5 rings (SSSR count). The number of nitrogens with one attached hydrogen (secondary N) is 2. The van der Waals surface area contributed by atoms with E-state index in [0.29, 0.717) is 34.8 Å². The number of fused-ring (bicyclic) bond motifs is 1. The molecule has 1 saturated heterocycles. The fourth-order valence-electron chi connectivity index (χ4n) is 4.19. The third-order valence-electron chi connectivity index (χ3n) is 6.31. The van der Waals surface area contributed by atoms with E-state index in [-0.39, 0.29) is 24.2 Å². The maximum atomic E-state index is 14.7. The summed E-state index contributed by atoms with van der Waals surface area (Å²) in [6, 6.07) is 9.26. The summed E-state index contributed by atoms with van der Waals surface area (Å²) in [6.07, 6.45) is 4.36. The van der Waals surface area contributed by atoms with Gasteiger partial charge in [0.15, 0.2) is 11.5 Å². The number of pyridine rings is 1. The topological polar surface area (TPSA) is 120 Å². The molecule has 2 fully saturated rings. The first-order chi connectivity index (χ1) is 18.6. The third-order valence-corrected chi connectivity index (χ3v) is 6.31. The number of halogens is 1. The molecule has 1 saturated carbocycles. The predicted molar refractivity (Wildman–Crippen MR) is 140 cm³/mol. The Balaban J connectivity index is 1.27. The number of carbonyl (C=O) groups excluding carboxylic acids is 1. The van der Waals surface area contributed by atoms with Crippen LogP contribution in [-0.4, -0.2) is 68.1 Å². The van der Waals surface area contributed by atoms with Gasteiger partial charge in [0.05, 0.1) is 31.0 Å². The lowest BCUT2D eigenvalue weighted by Gasteiger charge is -2.26. The first-order valence-electron chi connectivity index (χ1n) is 12.8. The van der Waals surface area contributed by atoms with Gasteiger partial charge < -0.3 is 29.6 Å². The van der Waals surface area contributed by atoms with Crippen molar-refractivity contribution >= 4 is 22.6 Å². The Hall–Kier alpha value is -3.67. The Labute approximate surface area is 220 Å². The minimum Gasteiger partial charge on any atom is -0.490 e. The average Bonchev–Trinajstić information content (AvgIpc) is 3.73. The van der Waals surface area contributed by atoms with Gasteiger partial charge in [0, 0.05) is 49.4 Å². The summed E-state index contributed by atoms with van der Waals surface area (Å²) in [4.78, 5) is 18.7. The van der Waals surface area contributed by atoms with Gasteiger partial charge in [-0.2, -0.15) is 0 Å². The molecule has 2 heterocycles. The summed E-state index contributed by atoms with van der Waals surface area (Å²) in [5.74, 6) is 1.14. The van der Waals surface area contributed by atoms with Gasteiger partial charge in [0.2, 0.25) is 0 Å². The quantitative estimate of drug-likeness (QED) is 0.255. The maximum Gasteiger partial charge on any atom is 0.319 e. The van der Waals surface area contributed by atoms with E-state index < -0.39 is 11.8 Å². The summed E-state index contributed by atoms with van der Waals surface area (Å²) in [5.41, 5.74) is 6.37. The summed E-state index contributed by atoms with van der Waals surface area (Å²) in [5, 5.41) is 5.95. The van der Waals surface area contributed by atoms with Crippen molar-refractivity contribution in [3.05, 3.63) is 48.4 Å². The number of amides is 2. The first-order valence-corrected chi connectivity index (χ1v) is 12.8. The molecule has 11 heteroatoms.